The smallest absolute Gasteiger partial charge is 0.174 e. The van der Waals surface area contributed by atoms with Gasteiger partial charge in [0.15, 0.2) is 6.61 Å². The Hall–Kier alpha value is -1.53. The van der Waals surface area contributed by atoms with Gasteiger partial charge in [0.25, 0.3) is 0 Å². The van der Waals surface area contributed by atoms with Gasteiger partial charge in [-0.2, -0.15) is 5.26 Å². The third kappa shape index (κ3) is 3.48. The van der Waals surface area contributed by atoms with Crippen molar-refractivity contribution in [1.82, 2.24) is 5.32 Å². The zero-order valence-electron chi connectivity index (χ0n) is 11.8. The summed E-state index contributed by atoms with van der Waals surface area (Å²) in [6.07, 6.45) is 3.84. The monoisotopic (exact) mass is 258 g/mol. The van der Waals surface area contributed by atoms with Crippen molar-refractivity contribution in [2.24, 2.45) is 5.41 Å². The molecule has 0 aliphatic heterocycles. The Morgan fingerprint density at radius 2 is 2.21 bits per heavy atom. The van der Waals surface area contributed by atoms with Crippen LogP contribution in [0.1, 0.15) is 38.7 Å². The fourth-order valence-corrected chi connectivity index (χ4v) is 2.84. The summed E-state index contributed by atoms with van der Waals surface area (Å²) in [6.45, 7) is 5.56. The Bertz CT molecular complexity index is 462. The maximum atomic E-state index is 8.60. The largest absolute Gasteiger partial charge is 0.478 e. The van der Waals surface area contributed by atoms with Crippen LogP contribution in [0.4, 0.5) is 0 Å². The lowest BCUT2D eigenvalue weighted by molar-refractivity contribution is 0.280. The van der Waals surface area contributed by atoms with Crippen LogP contribution in [0.2, 0.25) is 0 Å². The van der Waals surface area contributed by atoms with Gasteiger partial charge in [0.1, 0.15) is 11.8 Å². The molecule has 0 amide bonds. The average molecular weight is 258 g/mol. The second kappa shape index (κ2) is 6.08. The van der Waals surface area contributed by atoms with Crippen LogP contribution >= 0.6 is 0 Å². The van der Waals surface area contributed by atoms with Crippen molar-refractivity contribution in [2.45, 2.75) is 45.7 Å². The number of nitrogens with one attached hydrogen (secondary N) is 1. The van der Waals surface area contributed by atoms with Crippen LogP contribution < -0.4 is 10.1 Å². The van der Waals surface area contributed by atoms with Gasteiger partial charge in [-0.05, 0) is 24.3 Å². The van der Waals surface area contributed by atoms with Gasteiger partial charge in [-0.25, -0.2) is 0 Å². The Balaban J connectivity index is 1.97. The van der Waals surface area contributed by atoms with Gasteiger partial charge in [0, 0.05) is 18.2 Å². The highest BCUT2D eigenvalue weighted by atomic mass is 16.5. The van der Waals surface area contributed by atoms with Crippen molar-refractivity contribution in [3.8, 4) is 11.8 Å². The molecule has 0 saturated heterocycles. The van der Waals surface area contributed by atoms with E-state index in [2.05, 4.69) is 25.2 Å². The number of hydrogen-bond donors (Lipinski definition) is 1. The summed E-state index contributed by atoms with van der Waals surface area (Å²) < 4.78 is 5.45. The average Bonchev–Trinajstić information content (AvgIpc) is 2.74. The summed E-state index contributed by atoms with van der Waals surface area (Å²) in [5.41, 5.74) is 1.50. The van der Waals surface area contributed by atoms with Crippen molar-refractivity contribution < 1.29 is 4.74 Å². The molecule has 1 fully saturated rings. The highest BCUT2D eigenvalue weighted by Crippen LogP contribution is 2.37. The minimum atomic E-state index is 0.103. The van der Waals surface area contributed by atoms with Gasteiger partial charge < -0.3 is 10.1 Å². The topological polar surface area (TPSA) is 45.0 Å². The predicted octanol–water partition coefficient (Wildman–Crippen LogP) is 3.26. The molecule has 1 saturated carbocycles. The molecule has 3 heteroatoms. The van der Waals surface area contributed by atoms with Crippen LogP contribution in [-0.2, 0) is 6.54 Å². The first kappa shape index (κ1) is 13.9. The molecule has 1 unspecified atom stereocenters. The van der Waals surface area contributed by atoms with Crippen LogP contribution in [-0.4, -0.2) is 12.6 Å². The number of nitriles is 1. The number of ether oxygens (including phenoxy) is 1. The quantitative estimate of drug-likeness (QED) is 0.881. The van der Waals surface area contributed by atoms with Gasteiger partial charge in [0.2, 0.25) is 0 Å². The molecule has 0 radical (unpaired) electrons. The first-order valence-electron chi connectivity index (χ1n) is 6.94. The van der Waals surface area contributed by atoms with Crippen molar-refractivity contribution in [2.75, 3.05) is 6.61 Å². The Morgan fingerprint density at radius 1 is 1.42 bits per heavy atom. The normalized spacial score (nSPS) is 21.0. The van der Waals surface area contributed by atoms with Gasteiger partial charge in [-0.3, -0.25) is 0 Å². The summed E-state index contributed by atoms with van der Waals surface area (Å²) in [5.74, 6) is 0.812. The lowest BCUT2D eigenvalue weighted by Crippen LogP contribution is -2.37. The molecule has 0 spiro atoms. The van der Waals surface area contributed by atoms with Crippen LogP contribution in [0, 0.1) is 16.7 Å². The third-order valence-corrected chi connectivity index (χ3v) is 4.06. The van der Waals surface area contributed by atoms with Crippen LogP contribution in [0.3, 0.4) is 0 Å². The first-order chi connectivity index (χ1) is 9.13. The molecule has 0 heterocycles. The second-order valence-electron chi connectivity index (χ2n) is 5.87. The molecule has 1 aromatic carbocycles. The van der Waals surface area contributed by atoms with Gasteiger partial charge in [0.05, 0.1) is 0 Å². The molecule has 2 rings (SSSR count). The summed E-state index contributed by atoms with van der Waals surface area (Å²) in [7, 11) is 0. The Morgan fingerprint density at radius 3 is 2.89 bits per heavy atom. The van der Waals surface area contributed by atoms with Gasteiger partial charge >= 0.3 is 0 Å². The third-order valence-electron chi connectivity index (χ3n) is 4.06. The molecule has 1 aromatic rings. The summed E-state index contributed by atoms with van der Waals surface area (Å²) in [6, 6.07) is 10.5. The maximum Gasteiger partial charge on any atom is 0.174 e. The van der Waals surface area contributed by atoms with Crippen molar-refractivity contribution in [3.63, 3.8) is 0 Å². The molecule has 0 aromatic heterocycles. The number of para-hydroxylation sites is 1. The molecule has 1 atom stereocenters. The molecule has 0 bridgehead atoms. The van der Waals surface area contributed by atoms with E-state index in [1.54, 1.807) is 0 Å². The number of rotatable bonds is 5. The van der Waals surface area contributed by atoms with E-state index in [4.69, 9.17) is 10.00 Å². The van der Waals surface area contributed by atoms with Crippen LogP contribution in [0.5, 0.6) is 5.75 Å². The van der Waals surface area contributed by atoms with Crippen molar-refractivity contribution in [3.05, 3.63) is 29.8 Å². The minimum absolute atomic E-state index is 0.103. The van der Waals surface area contributed by atoms with Crippen LogP contribution in [0.15, 0.2) is 24.3 Å². The van der Waals surface area contributed by atoms with Gasteiger partial charge in [-0.15, -0.1) is 0 Å². The van der Waals surface area contributed by atoms with E-state index < -0.39 is 0 Å². The first-order valence-corrected chi connectivity index (χ1v) is 6.94. The van der Waals surface area contributed by atoms with Crippen LogP contribution in [0.25, 0.3) is 0 Å². The fourth-order valence-electron chi connectivity index (χ4n) is 2.84. The molecule has 3 nitrogen and oxygen atoms in total. The van der Waals surface area contributed by atoms with E-state index in [1.807, 2.05) is 24.3 Å². The number of nitrogens with zero attached hydrogens (tertiary/aromatic N) is 1. The van der Waals surface area contributed by atoms with E-state index >= 15 is 0 Å². The number of benzene rings is 1. The maximum absolute atomic E-state index is 8.60. The van der Waals surface area contributed by atoms with E-state index in [0.29, 0.717) is 11.5 Å². The zero-order chi connectivity index (χ0) is 13.7. The highest BCUT2D eigenvalue weighted by Gasteiger charge is 2.33. The minimum Gasteiger partial charge on any atom is -0.478 e. The number of hydrogen-bond acceptors (Lipinski definition) is 3. The van der Waals surface area contributed by atoms with Gasteiger partial charge in [-0.1, -0.05) is 38.5 Å². The predicted molar refractivity (Wildman–Crippen MR) is 75.8 cm³/mol. The molecule has 19 heavy (non-hydrogen) atoms. The molecular formula is C16H22N2O. The molecule has 102 valence electrons. The summed E-state index contributed by atoms with van der Waals surface area (Å²) in [5, 5.41) is 12.2. The van der Waals surface area contributed by atoms with E-state index in [9.17, 15) is 0 Å². The van der Waals surface area contributed by atoms with Crippen molar-refractivity contribution >= 4 is 0 Å². The molecule has 1 aliphatic carbocycles. The Kier molecular flexibility index (Phi) is 4.44. The van der Waals surface area contributed by atoms with E-state index in [1.165, 1.54) is 19.3 Å². The highest BCUT2D eigenvalue weighted by molar-refractivity contribution is 5.33. The molecule has 1 aliphatic rings. The lowest BCUT2D eigenvalue weighted by Gasteiger charge is -2.28. The summed E-state index contributed by atoms with van der Waals surface area (Å²) >= 11 is 0. The van der Waals surface area contributed by atoms with E-state index in [0.717, 1.165) is 17.9 Å². The molecular weight excluding hydrogens is 236 g/mol. The second-order valence-corrected chi connectivity index (χ2v) is 5.87. The standard InChI is InChI=1S/C16H22N2O/c1-16(2)9-5-8-15(16)18-12-13-6-3-4-7-14(13)19-11-10-17/h3-4,6-7,15,18H,5,8-9,11-12H2,1-2H3. The summed E-state index contributed by atoms with van der Waals surface area (Å²) in [4.78, 5) is 0. The Labute approximate surface area is 115 Å². The lowest BCUT2D eigenvalue weighted by atomic mass is 9.87. The fraction of sp³-hybridized carbons (Fsp3) is 0.562. The zero-order valence-corrected chi connectivity index (χ0v) is 11.8. The SMILES string of the molecule is CC1(C)CCCC1NCc1ccccc1OCC#N. The van der Waals surface area contributed by atoms with E-state index in [-0.39, 0.29) is 6.61 Å². The van der Waals surface area contributed by atoms with Crippen molar-refractivity contribution in [1.29, 1.82) is 5.26 Å². The molecule has 1 N–H and O–H groups in total.